The number of aliphatic imine (C=N–C) groups is 1. The molecule has 1 fully saturated rings. The fraction of sp³-hybridized carbons (Fsp3) is 0.611. The zero-order valence-corrected chi connectivity index (χ0v) is 17.0. The smallest absolute Gasteiger partial charge is 0.191 e. The van der Waals surface area contributed by atoms with Gasteiger partial charge in [0.1, 0.15) is 0 Å². The lowest BCUT2D eigenvalue weighted by molar-refractivity contribution is 0.610. The number of nitrogens with zero attached hydrogens (tertiary/aromatic N) is 2. The van der Waals surface area contributed by atoms with Gasteiger partial charge < -0.3 is 15.5 Å². The van der Waals surface area contributed by atoms with Crippen LogP contribution in [-0.2, 0) is 6.42 Å². The molecule has 0 amide bonds. The van der Waals surface area contributed by atoms with Crippen molar-refractivity contribution in [2.24, 2.45) is 4.99 Å². The summed E-state index contributed by atoms with van der Waals surface area (Å²) in [5, 5.41) is 6.94. The third kappa shape index (κ3) is 6.97. The van der Waals surface area contributed by atoms with Crippen molar-refractivity contribution in [1.29, 1.82) is 0 Å². The summed E-state index contributed by atoms with van der Waals surface area (Å²) in [6, 6.07) is 9.43. The van der Waals surface area contributed by atoms with Crippen LogP contribution in [0.5, 0.6) is 0 Å². The van der Waals surface area contributed by atoms with E-state index in [9.17, 15) is 0 Å². The van der Waals surface area contributed by atoms with E-state index in [0.717, 1.165) is 25.3 Å². The summed E-state index contributed by atoms with van der Waals surface area (Å²) in [5.41, 5.74) is 2.65. The molecule has 1 aromatic rings. The highest BCUT2D eigenvalue weighted by Gasteiger charge is 2.15. The van der Waals surface area contributed by atoms with Crippen molar-refractivity contribution in [3.63, 3.8) is 0 Å². The van der Waals surface area contributed by atoms with Gasteiger partial charge in [0, 0.05) is 39.4 Å². The number of hydrogen-bond acceptors (Lipinski definition) is 2. The summed E-state index contributed by atoms with van der Waals surface area (Å²) in [6.07, 6.45) is 7.46. The molecular weight excluding hydrogens is 399 g/mol. The van der Waals surface area contributed by atoms with Crippen molar-refractivity contribution in [2.75, 3.05) is 32.6 Å². The number of anilines is 1. The van der Waals surface area contributed by atoms with Gasteiger partial charge in [-0.05, 0) is 43.4 Å². The molecule has 0 unspecified atom stereocenters. The molecule has 5 heteroatoms. The van der Waals surface area contributed by atoms with E-state index >= 15 is 0 Å². The molecule has 0 bridgehead atoms. The SMILES string of the molecule is CN=C(NCCCc1ccc(N(C)C)cc1)NC1CCCC1.I. The standard InChI is InChI=1S/C18H30N4.HI/c1-19-18(21-16-8-4-5-9-16)20-14-6-7-15-10-12-17(13-11-15)22(2)3;/h10-13,16H,4-9,14H2,1-3H3,(H2,19,20,21);1H. The normalized spacial score (nSPS) is 15.2. The first-order chi connectivity index (χ1) is 10.7. The summed E-state index contributed by atoms with van der Waals surface area (Å²) in [4.78, 5) is 6.44. The van der Waals surface area contributed by atoms with Gasteiger partial charge in [-0.3, -0.25) is 4.99 Å². The molecular formula is C18H31IN4. The van der Waals surface area contributed by atoms with Crippen LogP contribution in [0.25, 0.3) is 0 Å². The second kappa shape index (κ2) is 10.7. The topological polar surface area (TPSA) is 39.7 Å². The lowest BCUT2D eigenvalue weighted by atomic mass is 10.1. The first-order valence-electron chi connectivity index (χ1n) is 8.42. The Bertz CT molecular complexity index is 464. The Hall–Kier alpha value is -0.980. The van der Waals surface area contributed by atoms with Gasteiger partial charge in [-0.1, -0.05) is 25.0 Å². The summed E-state index contributed by atoms with van der Waals surface area (Å²) in [7, 11) is 5.99. The Morgan fingerprint density at radius 1 is 1.17 bits per heavy atom. The maximum Gasteiger partial charge on any atom is 0.191 e. The van der Waals surface area contributed by atoms with Crippen LogP contribution in [0, 0.1) is 0 Å². The number of benzene rings is 1. The third-order valence-electron chi connectivity index (χ3n) is 4.31. The molecule has 1 saturated carbocycles. The van der Waals surface area contributed by atoms with Crippen LogP contribution >= 0.6 is 24.0 Å². The first-order valence-corrected chi connectivity index (χ1v) is 8.42. The third-order valence-corrected chi connectivity index (χ3v) is 4.31. The molecule has 0 aliphatic heterocycles. The van der Waals surface area contributed by atoms with Crippen LogP contribution in [0.1, 0.15) is 37.7 Å². The van der Waals surface area contributed by atoms with E-state index in [1.807, 2.05) is 7.05 Å². The van der Waals surface area contributed by atoms with Gasteiger partial charge in [0.15, 0.2) is 5.96 Å². The van der Waals surface area contributed by atoms with Crippen LogP contribution in [0.4, 0.5) is 5.69 Å². The van der Waals surface area contributed by atoms with E-state index < -0.39 is 0 Å². The molecule has 2 rings (SSSR count). The Morgan fingerprint density at radius 2 is 1.83 bits per heavy atom. The van der Waals surface area contributed by atoms with Crippen molar-refractivity contribution in [3.8, 4) is 0 Å². The highest BCUT2D eigenvalue weighted by molar-refractivity contribution is 14.0. The van der Waals surface area contributed by atoms with Gasteiger partial charge in [0.05, 0.1) is 0 Å². The minimum Gasteiger partial charge on any atom is -0.378 e. The summed E-state index contributed by atoms with van der Waals surface area (Å²) in [5.74, 6) is 0.954. The minimum absolute atomic E-state index is 0. The van der Waals surface area contributed by atoms with Gasteiger partial charge in [-0.2, -0.15) is 0 Å². The second-order valence-corrected chi connectivity index (χ2v) is 6.29. The second-order valence-electron chi connectivity index (χ2n) is 6.29. The van der Waals surface area contributed by atoms with Gasteiger partial charge >= 0.3 is 0 Å². The molecule has 130 valence electrons. The van der Waals surface area contributed by atoms with E-state index in [1.54, 1.807) is 0 Å². The Labute approximate surface area is 158 Å². The largest absolute Gasteiger partial charge is 0.378 e. The number of rotatable bonds is 6. The summed E-state index contributed by atoms with van der Waals surface area (Å²) in [6.45, 7) is 0.960. The lowest BCUT2D eigenvalue weighted by Gasteiger charge is -2.17. The molecule has 0 aromatic heterocycles. The van der Waals surface area contributed by atoms with Crippen molar-refractivity contribution in [3.05, 3.63) is 29.8 Å². The minimum atomic E-state index is 0. The Balaban J connectivity index is 0.00000264. The van der Waals surface area contributed by atoms with E-state index in [2.05, 4.69) is 58.9 Å². The summed E-state index contributed by atoms with van der Waals surface area (Å²) >= 11 is 0. The van der Waals surface area contributed by atoms with E-state index in [1.165, 1.54) is 36.9 Å². The van der Waals surface area contributed by atoms with Crippen LogP contribution in [0.3, 0.4) is 0 Å². The van der Waals surface area contributed by atoms with Gasteiger partial charge in [-0.25, -0.2) is 0 Å². The Kier molecular flexibility index (Phi) is 9.36. The summed E-state index contributed by atoms with van der Waals surface area (Å²) < 4.78 is 0. The molecule has 1 aliphatic carbocycles. The van der Waals surface area contributed by atoms with Crippen molar-refractivity contribution in [2.45, 2.75) is 44.6 Å². The molecule has 0 spiro atoms. The maximum atomic E-state index is 4.32. The van der Waals surface area contributed by atoms with E-state index in [0.29, 0.717) is 6.04 Å². The number of aryl methyl sites for hydroxylation is 1. The highest BCUT2D eigenvalue weighted by atomic mass is 127. The van der Waals surface area contributed by atoms with Crippen LogP contribution < -0.4 is 15.5 Å². The Morgan fingerprint density at radius 3 is 2.39 bits per heavy atom. The number of halogens is 1. The molecule has 0 radical (unpaired) electrons. The van der Waals surface area contributed by atoms with Gasteiger partial charge in [0.2, 0.25) is 0 Å². The molecule has 1 aliphatic rings. The zero-order valence-electron chi connectivity index (χ0n) is 14.6. The monoisotopic (exact) mass is 430 g/mol. The average Bonchev–Trinajstić information content (AvgIpc) is 3.03. The first kappa shape index (κ1) is 20.1. The lowest BCUT2D eigenvalue weighted by Crippen LogP contribution is -2.42. The van der Waals surface area contributed by atoms with Crippen LogP contribution in [0.2, 0.25) is 0 Å². The van der Waals surface area contributed by atoms with E-state index in [-0.39, 0.29) is 24.0 Å². The predicted molar refractivity (Wildman–Crippen MR) is 111 cm³/mol. The molecule has 23 heavy (non-hydrogen) atoms. The van der Waals surface area contributed by atoms with Crippen LogP contribution in [0.15, 0.2) is 29.3 Å². The number of nitrogens with one attached hydrogen (secondary N) is 2. The predicted octanol–water partition coefficient (Wildman–Crippen LogP) is 3.41. The van der Waals surface area contributed by atoms with Crippen LogP contribution in [-0.4, -0.2) is 39.7 Å². The van der Waals surface area contributed by atoms with Gasteiger partial charge in [0.25, 0.3) is 0 Å². The fourth-order valence-electron chi connectivity index (χ4n) is 2.92. The number of hydrogen-bond donors (Lipinski definition) is 2. The average molecular weight is 430 g/mol. The quantitative estimate of drug-likeness (QED) is 0.315. The van der Waals surface area contributed by atoms with Crippen molar-refractivity contribution < 1.29 is 0 Å². The van der Waals surface area contributed by atoms with Gasteiger partial charge in [-0.15, -0.1) is 24.0 Å². The molecule has 0 heterocycles. The fourth-order valence-corrected chi connectivity index (χ4v) is 2.92. The maximum absolute atomic E-state index is 4.32. The molecule has 2 N–H and O–H groups in total. The number of guanidine groups is 1. The molecule has 0 saturated heterocycles. The van der Waals surface area contributed by atoms with E-state index in [4.69, 9.17) is 0 Å². The molecule has 0 atom stereocenters. The zero-order chi connectivity index (χ0) is 15.8. The van der Waals surface area contributed by atoms with Crippen molar-refractivity contribution in [1.82, 2.24) is 10.6 Å². The molecule has 1 aromatic carbocycles. The highest BCUT2D eigenvalue weighted by Crippen LogP contribution is 2.17. The molecule has 4 nitrogen and oxygen atoms in total. The van der Waals surface area contributed by atoms with Crippen molar-refractivity contribution >= 4 is 35.6 Å².